The molecule has 1 unspecified atom stereocenters. The maximum absolute atomic E-state index is 13.0. The number of carbonyl (C=O) groups is 2. The third kappa shape index (κ3) is 4.05. The van der Waals surface area contributed by atoms with Crippen molar-refractivity contribution in [2.75, 3.05) is 26.2 Å². The average molecular weight is 353 g/mol. The first-order valence-corrected chi connectivity index (χ1v) is 9.35. The van der Waals surface area contributed by atoms with Gasteiger partial charge < -0.3 is 16.0 Å². The summed E-state index contributed by atoms with van der Waals surface area (Å²) < 4.78 is 0. The molecule has 2 aromatic carbocycles. The van der Waals surface area contributed by atoms with Crippen molar-refractivity contribution < 1.29 is 9.59 Å². The van der Waals surface area contributed by atoms with Crippen molar-refractivity contribution in [3.05, 3.63) is 48.0 Å². The molecule has 138 valence electrons. The number of likely N-dealkylation sites (tertiary alicyclic amines) is 1. The van der Waals surface area contributed by atoms with Crippen LogP contribution >= 0.6 is 0 Å². The lowest BCUT2D eigenvalue weighted by molar-refractivity contribution is -0.126. The molecule has 3 rings (SSSR count). The van der Waals surface area contributed by atoms with Gasteiger partial charge in [-0.05, 0) is 42.1 Å². The van der Waals surface area contributed by atoms with Crippen LogP contribution in [0.4, 0.5) is 0 Å². The van der Waals surface area contributed by atoms with Crippen molar-refractivity contribution in [3.63, 3.8) is 0 Å². The van der Waals surface area contributed by atoms with Crippen molar-refractivity contribution in [2.45, 2.75) is 19.8 Å². The third-order valence-corrected chi connectivity index (χ3v) is 5.20. The fraction of sp³-hybridized carbons (Fsp3) is 0.429. The summed E-state index contributed by atoms with van der Waals surface area (Å²) >= 11 is 0. The lowest BCUT2D eigenvalue weighted by Gasteiger charge is -2.32. The Bertz CT molecular complexity index is 776. The number of nitrogens with two attached hydrogens (primary N) is 1. The summed E-state index contributed by atoms with van der Waals surface area (Å²) in [6.07, 6.45) is 1.42. The van der Waals surface area contributed by atoms with Gasteiger partial charge >= 0.3 is 0 Å². The van der Waals surface area contributed by atoms with Gasteiger partial charge in [-0.2, -0.15) is 0 Å². The highest BCUT2D eigenvalue weighted by atomic mass is 16.2. The Morgan fingerprint density at radius 2 is 1.85 bits per heavy atom. The Balaban J connectivity index is 1.61. The zero-order valence-electron chi connectivity index (χ0n) is 15.3. The topological polar surface area (TPSA) is 75.4 Å². The van der Waals surface area contributed by atoms with Gasteiger partial charge in [0, 0.05) is 31.1 Å². The number of carbonyl (C=O) groups excluding carboxylic acids is 2. The SMILES string of the molecule is CC(CN)CNC(=O)C1CCN(C(=O)c2cccc3ccccc23)CC1. The number of hydrogen-bond donors (Lipinski definition) is 2. The van der Waals surface area contributed by atoms with Gasteiger partial charge in [0.25, 0.3) is 5.91 Å². The predicted molar refractivity (Wildman–Crippen MR) is 104 cm³/mol. The van der Waals surface area contributed by atoms with Crippen LogP contribution in [0.2, 0.25) is 0 Å². The number of rotatable bonds is 5. The molecule has 0 aromatic heterocycles. The lowest BCUT2D eigenvalue weighted by atomic mass is 9.94. The minimum atomic E-state index is -0.0171. The van der Waals surface area contributed by atoms with E-state index in [4.69, 9.17) is 5.73 Å². The molecule has 1 aliphatic heterocycles. The molecule has 0 saturated carbocycles. The summed E-state index contributed by atoms with van der Waals surface area (Å²) in [5.41, 5.74) is 6.33. The van der Waals surface area contributed by atoms with E-state index in [-0.39, 0.29) is 23.7 Å². The van der Waals surface area contributed by atoms with Crippen molar-refractivity contribution >= 4 is 22.6 Å². The van der Waals surface area contributed by atoms with Crippen LogP contribution in [-0.2, 0) is 4.79 Å². The summed E-state index contributed by atoms with van der Waals surface area (Å²) in [5.74, 6) is 0.406. The van der Waals surface area contributed by atoms with E-state index in [2.05, 4.69) is 5.32 Å². The van der Waals surface area contributed by atoms with Crippen LogP contribution in [0.25, 0.3) is 10.8 Å². The predicted octanol–water partition coefficient (Wildman–Crippen LogP) is 2.40. The Hall–Kier alpha value is -2.40. The minimum Gasteiger partial charge on any atom is -0.356 e. The molecule has 0 aliphatic carbocycles. The highest BCUT2D eigenvalue weighted by Crippen LogP contribution is 2.23. The highest BCUT2D eigenvalue weighted by molar-refractivity contribution is 6.07. The molecule has 1 heterocycles. The van der Waals surface area contributed by atoms with Gasteiger partial charge in [0.1, 0.15) is 0 Å². The largest absolute Gasteiger partial charge is 0.356 e. The summed E-state index contributed by atoms with van der Waals surface area (Å²) in [4.78, 5) is 27.1. The van der Waals surface area contributed by atoms with Crippen molar-refractivity contribution in [1.29, 1.82) is 0 Å². The van der Waals surface area contributed by atoms with E-state index in [1.54, 1.807) is 0 Å². The van der Waals surface area contributed by atoms with Gasteiger partial charge in [0.15, 0.2) is 0 Å². The van der Waals surface area contributed by atoms with Gasteiger partial charge in [-0.15, -0.1) is 0 Å². The summed E-state index contributed by atoms with van der Waals surface area (Å²) in [6.45, 7) is 4.44. The van der Waals surface area contributed by atoms with E-state index in [9.17, 15) is 9.59 Å². The standard InChI is InChI=1S/C21H27N3O2/c1-15(13-22)14-23-20(25)17-9-11-24(12-10-17)21(26)19-8-4-6-16-5-2-3-7-18(16)19/h2-8,15,17H,9-14,22H2,1H3,(H,23,25). The number of nitrogens with zero attached hydrogens (tertiary/aromatic N) is 1. The first-order valence-electron chi connectivity index (χ1n) is 9.35. The molecule has 0 bridgehead atoms. The number of hydrogen-bond acceptors (Lipinski definition) is 3. The molecule has 2 aromatic rings. The molecule has 1 saturated heterocycles. The van der Waals surface area contributed by atoms with E-state index in [0.29, 0.717) is 39.0 Å². The summed E-state index contributed by atoms with van der Waals surface area (Å²) in [5, 5.41) is 5.03. The normalized spacial score (nSPS) is 16.5. The van der Waals surface area contributed by atoms with Crippen molar-refractivity contribution in [1.82, 2.24) is 10.2 Å². The summed E-state index contributed by atoms with van der Waals surface area (Å²) in [6, 6.07) is 13.8. The highest BCUT2D eigenvalue weighted by Gasteiger charge is 2.28. The molecule has 2 amide bonds. The molecule has 1 fully saturated rings. The molecule has 5 heteroatoms. The second-order valence-electron chi connectivity index (χ2n) is 7.18. The molecule has 5 nitrogen and oxygen atoms in total. The minimum absolute atomic E-state index is 0.0171. The second-order valence-corrected chi connectivity index (χ2v) is 7.18. The zero-order valence-corrected chi connectivity index (χ0v) is 15.3. The molecule has 1 atom stereocenters. The van der Waals surface area contributed by atoms with Gasteiger partial charge in [-0.1, -0.05) is 43.3 Å². The van der Waals surface area contributed by atoms with Crippen molar-refractivity contribution in [2.24, 2.45) is 17.6 Å². The number of fused-ring (bicyclic) bond motifs is 1. The molecule has 0 radical (unpaired) electrons. The molecule has 26 heavy (non-hydrogen) atoms. The van der Waals surface area contributed by atoms with Crippen LogP contribution in [0.15, 0.2) is 42.5 Å². The van der Waals surface area contributed by atoms with E-state index in [0.717, 1.165) is 16.3 Å². The Morgan fingerprint density at radius 1 is 1.15 bits per heavy atom. The Labute approximate surface area is 154 Å². The maximum Gasteiger partial charge on any atom is 0.254 e. The average Bonchev–Trinajstić information content (AvgIpc) is 2.70. The van der Waals surface area contributed by atoms with Crippen LogP contribution < -0.4 is 11.1 Å². The van der Waals surface area contributed by atoms with Gasteiger partial charge in [-0.3, -0.25) is 9.59 Å². The van der Waals surface area contributed by atoms with E-state index in [1.807, 2.05) is 54.3 Å². The lowest BCUT2D eigenvalue weighted by Crippen LogP contribution is -2.44. The first-order chi connectivity index (χ1) is 12.6. The van der Waals surface area contributed by atoms with Crippen LogP contribution in [0, 0.1) is 11.8 Å². The van der Waals surface area contributed by atoms with Gasteiger partial charge in [0.2, 0.25) is 5.91 Å². The second kappa shape index (κ2) is 8.32. The van der Waals surface area contributed by atoms with E-state index in [1.165, 1.54) is 0 Å². The molecule has 0 spiro atoms. The Morgan fingerprint density at radius 3 is 2.58 bits per heavy atom. The maximum atomic E-state index is 13.0. The Kier molecular flexibility index (Phi) is 5.89. The molecular weight excluding hydrogens is 326 g/mol. The van der Waals surface area contributed by atoms with Crippen LogP contribution in [0.5, 0.6) is 0 Å². The number of benzene rings is 2. The third-order valence-electron chi connectivity index (χ3n) is 5.20. The zero-order chi connectivity index (χ0) is 18.5. The van der Waals surface area contributed by atoms with Crippen LogP contribution in [0.1, 0.15) is 30.1 Å². The van der Waals surface area contributed by atoms with Crippen LogP contribution in [0.3, 0.4) is 0 Å². The fourth-order valence-electron chi connectivity index (χ4n) is 3.43. The van der Waals surface area contributed by atoms with Crippen LogP contribution in [-0.4, -0.2) is 42.9 Å². The van der Waals surface area contributed by atoms with E-state index < -0.39 is 0 Å². The first kappa shape index (κ1) is 18.4. The van der Waals surface area contributed by atoms with E-state index >= 15 is 0 Å². The molecule has 3 N–H and O–H groups in total. The fourth-order valence-corrected chi connectivity index (χ4v) is 3.43. The smallest absolute Gasteiger partial charge is 0.254 e. The number of piperidine rings is 1. The monoisotopic (exact) mass is 353 g/mol. The quantitative estimate of drug-likeness (QED) is 0.867. The van der Waals surface area contributed by atoms with Gasteiger partial charge in [-0.25, -0.2) is 0 Å². The molecular formula is C21H27N3O2. The number of nitrogens with one attached hydrogen (secondary N) is 1. The summed E-state index contributed by atoms with van der Waals surface area (Å²) in [7, 11) is 0. The molecule has 1 aliphatic rings. The van der Waals surface area contributed by atoms with Gasteiger partial charge in [0.05, 0.1) is 0 Å². The number of amides is 2. The van der Waals surface area contributed by atoms with Crippen molar-refractivity contribution in [3.8, 4) is 0 Å².